The van der Waals surface area contributed by atoms with Gasteiger partial charge in [0.15, 0.2) is 5.78 Å². The van der Waals surface area contributed by atoms with Gasteiger partial charge in [-0.05, 0) is 6.07 Å². The predicted molar refractivity (Wildman–Crippen MR) is 61.7 cm³/mol. The maximum absolute atomic E-state index is 11.1. The van der Waals surface area contributed by atoms with Crippen molar-refractivity contribution in [3.8, 4) is 11.4 Å². The van der Waals surface area contributed by atoms with Crippen LogP contribution < -0.4 is 0 Å². The van der Waals surface area contributed by atoms with E-state index in [2.05, 4.69) is 25.9 Å². The summed E-state index contributed by atoms with van der Waals surface area (Å²) in [4.78, 5) is 18.2. The van der Waals surface area contributed by atoms with Gasteiger partial charge in [0.05, 0.1) is 6.20 Å². The van der Waals surface area contributed by atoms with E-state index in [4.69, 9.17) is 0 Å². The summed E-state index contributed by atoms with van der Waals surface area (Å²) in [5.74, 6) is 0.688. The summed E-state index contributed by atoms with van der Waals surface area (Å²) in [6, 6.07) is 7.73. The molecule has 3 nitrogen and oxygen atoms in total. The number of nitrogens with one attached hydrogen (secondary N) is 1. The van der Waals surface area contributed by atoms with Crippen LogP contribution in [-0.4, -0.2) is 15.8 Å². The third-order valence-electron chi connectivity index (χ3n) is 2.08. The second kappa shape index (κ2) is 3.98. The molecule has 0 saturated carbocycles. The number of H-pyrrole nitrogens is 1. The van der Waals surface area contributed by atoms with Crippen molar-refractivity contribution >= 4 is 21.7 Å². The van der Waals surface area contributed by atoms with Crippen LogP contribution in [0.25, 0.3) is 11.4 Å². The number of nitrogens with zero attached hydrogens (tertiary/aromatic N) is 1. The lowest BCUT2D eigenvalue weighted by Gasteiger charge is -1.99. The van der Waals surface area contributed by atoms with Gasteiger partial charge in [0, 0.05) is 17.0 Å². The molecule has 0 aliphatic carbocycles. The first-order chi connectivity index (χ1) is 7.18. The highest BCUT2D eigenvalue weighted by molar-refractivity contribution is 9.10. The van der Waals surface area contributed by atoms with Crippen LogP contribution in [0.1, 0.15) is 17.4 Å². The zero-order valence-corrected chi connectivity index (χ0v) is 9.71. The Hall–Kier alpha value is -1.42. The van der Waals surface area contributed by atoms with Gasteiger partial charge in [-0.1, -0.05) is 34.1 Å². The van der Waals surface area contributed by atoms with Crippen LogP contribution in [-0.2, 0) is 0 Å². The summed E-state index contributed by atoms with van der Waals surface area (Å²) < 4.78 is 0.953. The molecule has 0 spiro atoms. The molecule has 0 saturated heterocycles. The molecule has 0 aliphatic heterocycles. The summed E-state index contributed by atoms with van der Waals surface area (Å²) in [5.41, 5.74) is 1.48. The Morgan fingerprint density at radius 3 is 2.73 bits per heavy atom. The van der Waals surface area contributed by atoms with Gasteiger partial charge in [-0.3, -0.25) is 4.79 Å². The van der Waals surface area contributed by atoms with Gasteiger partial charge in [0.2, 0.25) is 0 Å². The van der Waals surface area contributed by atoms with Gasteiger partial charge in [-0.2, -0.15) is 0 Å². The maximum Gasteiger partial charge on any atom is 0.177 e. The molecule has 4 heteroatoms. The molecule has 0 fully saturated rings. The number of aromatic amines is 1. The molecule has 0 amide bonds. The average Bonchev–Trinajstić information content (AvgIpc) is 2.67. The average molecular weight is 265 g/mol. The number of aromatic nitrogens is 2. The summed E-state index contributed by atoms with van der Waals surface area (Å²) in [6.07, 6.45) is 1.55. The molecule has 0 unspecified atom stereocenters. The van der Waals surface area contributed by atoms with Gasteiger partial charge in [0.1, 0.15) is 11.5 Å². The van der Waals surface area contributed by atoms with E-state index < -0.39 is 0 Å². The van der Waals surface area contributed by atoms with Crippen LogP contribution in [0.3, 0.4) is 0 Å². The smallest absolute Gasteiger partial charge is 0.177 e. The Balaban J connectivity index is 2.46. The van der Waals surface area contributed by atoms with Crippen molar-refractivity contribution in [2.45, 2.75) is 6.92 Å². The molecule has 1 aromatic carbocycles. The van der Waals surface area contributed by atoms with E-state index in [0.717, 1.165) is 10.0 Å². The van der Waals surface area contributed by atoms with Crippen LogP contribution in [0.15, 0.2) is 34.9 Å². The number of Topliss-reactive ketones (excluding diaryl/α,β-unsaturated/α-hetero) is 1. The number of rotatable bonds is 2. The van der Waals surface area contributed by atoms with Crippen LogP contribution >= 0.6 is 15.9 Å². The van der Waals surface area contributed by atoms with Gasteiger partial charge in [0.25, 0.3) is 0 Å². The molecule has 0 atom stereocenters. The molecule has 1 N–H and O–H groups in total. The first-order valence-electron chi connectivity index (χ1n) is 4.49. The van der Waals surface area contributed by atoms with E-state index in [1.54, 1.807) is 6.20 Å². The Labute approximate surface area is 95.7 Å². The Morgan fingerprint density at radius 1 is 1.40 bits per heavy atom. The summed E-state index contributed by atoms with van der Waals surface area (Å²) in [5, 5.41) is 0. The van der Waals surface area contributed by atoms with Crippen molar-refractivity contribution in [1.29, 1.82) is 0 Å². The van der Waals surface area contributed by atoms with E-state index in [1.807, 2.05) is 24.3 Å². The Morgan fingerprint density at radius 2 is 2.13 bits per heavy atom. The van der Waals surface area contributed by atoms with Crippen molar-refractivity contribution in [3.63, 3.8) is 0 Å². The predicted octanol–water partition coefficient (Wildman–Crippen LogP) is 3.04. The third-order valence-corrected chi connectivity index (χ3v) is 2.78. The molecule has 2 rings (SSSR count). The topological polar surface area (TPSA) is 45.8 Å². The fraction of sp³-hybridized carbons (Fsp3) is 0.0909. The van der Waals surface area contributed by atoms with Crippen molar-refractivity contribution < 1.29 is 4.79 Å². The second-order valence-corrected chi connectivity index (χ2v) is 4.04. The van der Waals surface area contributed by atoms with Crippen molar-refractivity contribution in [1.82, 2.24) is 9.97 Å². The molecule has 1 heterocycles. The molecule has 1 aromatic heterocycles. The van der Waals surface area contributed by atoms with Gasteiger partial charge < -0.3 is 4.98 Å². The number of ketones is 1. The molecular weight excluding hydrogens is 256 g/mol. The van der Waals surface area contributed by atoms with Crippen molar-refractivity contribution in [3.05, 3.63) is 40.6 Å². The van der Waals surface area contributed by atoms with E-state index in [-0.39, 0.29) is 5.78 Å². The van der Waals surface area contributed by atoms with Crippen LogP contribution in [0.4, 0.5) is 0 Å². The fourth-order valence-electron chi connectivity index (χ4n) is 1.29. The zero-order chi connectivity index (χ0) is 10.8. The number of imidazole rings is 1. The number of hydrogen-bond acceptors (Lipinski definition) is 2. The molecule has 76 valence electrons. The monoisotopic (exact) mass is 264 g/mol. The molecule has 0 aliphatic rings. The van der Waals surface area contributed by atoms with Gasteiger partial charge >= 0.3 is 0 Å². The standard InChI is InChI=1S/C11H9BrN2O/c1-7(15)10-6-13-11(14-10)8-4-2-3-5-9(8)12/h2-6H,1H3,(H,13,14). The second-order valence-electron chi connectivity index (χ2n) is 3.18. The van der Waals surface area contributed by atoms with Gasteiger partial charge in [-0.25, -0.2) is 4.98 Å². The normalized spacial score (nSPS) is 10.3. The highest BCUT2D eigenvalue weighted by atomic mass is 79.9. The highest BCUT2D eigenvalue weighted by Gasteiger charge is 2.08. The molecule has 0 bridgehead atoms. The minimum Gasteiger partial charge on any atom is -0.336 e. The lowest BCUT2D eigenvalue weighted by Crippen LogP contribution is -1.91. The molecule has 2 aromatic rings. The fourth-order valence-corrected chi connectivity index (χ4v) is 1.76. The number of hydrogen-bond donors (Lipinski definition) is 1. The number of halogens is 1. The number of carbonyl (C=O) groups is 1. The minimum atomic E-state index is -0.0131. The first kappa shape index (κ1) is 10.1. The first-order valence-corrected chi connectivity index (χ1v) is 5.28. The maximum atomic E-state index is 11.1. The van der Waals surface area contributed by atoms with Crippen LogP contribution in [0, 0.1) is 0 Å². The summed E-state index contributed by atoms with van der Waals surface area (Å²) >= 11 is 3.43. The lowest BCUT2D eigenvalue weighted by molar-refractivity contribution is 0.101. The van der Waals surface area contributed by atoms with E-state index in [0.29, 0.717) is 11.5 Å². The van der Waals surface area contributed by atoms with Crippen molar-refractivity contribution in [2.24, 2.45) is 0 Å². The SMILES string of the molecule is CC(=O)c1cnc(-c2ccccc2Br)[nH]1. The van der Waals surface area contributed by atoms with Crippen LogP contribution in [0.5, 0.6) is 0 Å². The number of benzene rings is 1. The summed E-state index contributed by atoms with van der Waals surface area (Å²) in [6.45, 7) is 1.51. The zero-order valence-electron chi connectivity index (χ0n) is 8.12. The Bertz CT molecular complexity index is 505. The highest BCUT2D eigenvalue weighted by Crippen LogP contribution is 2.25. The molecule has 0 radical (unpaired) electrons. The minimum absolute atomic E-state index is 0.0131. The van der Waals surface area contributed by atoms with Gasteiger partial charge in [-0.15, -0.1) is 0 Å². The van der Waals surface area contributed by atoms with E-state index >= 15 is 0 Å². The third kappa shape index (κ3) is 1.99. The molecular formula is C11H9BrN2O. The number of carbonyl (C=O) groups excluding carboxylic acids is 1. The van der Waals surface area contributed by atoms with Crippen LogP contribution in [0.2, 0.25) is 0 Å². The summed E-state index contributed by atoms with van der Waals surface area (Å²) in [7, 11) is 0. The quantitative estimate of drug-likeness (QED) is 0.848. The lowest BCUT2D eigenvalue weighted by atomic mass is 10.2. The van der Waals surface area contributed by atoms with E-state index in [9.17, 15) is 4.79 Å². The van der Waals surface area contributed by atoms with E-state index in [1.165, 1.54) is 6.92 Å². The Kier molecular flexibility index (Phi) is 2.68. The molecule has 15 heavy (non-hydrogen) atoms. The van der Waals surface area contributed by atoms with Crippen molar-refractivity contribution in [2.75, 3.05) is 0 Å². The largest absolute Gasteiger partial charge is 0.336 e.